The zero-order valence-electron chi connectivity index (χ0n) is 13.3. The van der Waals surface area contributed by atoms with Crippen molar-refractivity contribution in [2.45, 2.75) is 0 Å². The Morgan fingerprint density at radius 1 is 1.17 bits per heavy atom. The first-order valence-electron chi connectivity index (χ1n) is 7.72. The van der Waals surface area contributed by atoms with Crippen LogP contribution in [0, 0.1) is 6.07 Å². The Kier molecular flexibility index (Phi) is 3.84. The van der Waals surface area contributed by atoms with Crippen LogP contribution in [0.5, 0.6) is 5.75 Å². The SMILES string of the molecule is COCCOc1ccn2c(-c3ccc4ccc[c]c4n3)cnc2c1. The van der Waals surface area contributed by atoms with Gasteiger partial charge in [-0.1, -0.05) is 24.3 Å². The van der Waals surface area contributed by atoms with Crippen molar-refractivity contribution < 1.29 is 9.47 Å². The molecule has 0 aliphatic rings. The third kappa shape index (κ3) is 2.70. The molecule has 3 aromatic heterocycles. The summed E-state index contributed by atoms with van der Waals surface area (Å²) < 4.78 is 12.6. The molecular weight excluding hydrogens is 302 g/mol. The highest BCUT2D eigenvalue weighted by Gasteiger charge is 2.09. The van der Waals surface area contributed by atoms with Crippen molar-refractivity contribution in [2.24, 2.45) is 0 Å². The lowest BCUT2D eigenvalue weighted by Gasteiger charge is -2.07. The van der Waals surface area contributed by atoms with Crippen molar-refractivity contribution in [3.05, 3.63) is 60.9 Å². The highest BCUT2D eigenvalue weighted by Crippen LogP contribution is 2.23. The lowest BCUT2D eigenvalue weighted by atomic mass is 10.2. The third-order valence-corrected chi connectivity index (χ3v) is 3.82. The minimum atomic E-state index is 0.516. The minimum absolute atomic E-state index is 0.516. The summed E-state index contributed by atoms with van der Waals surface area (Å²) in [6.07, 6.45) is 3.77. The summed E-state index contributed by atoms with van der Waals surface area (Å²) in [6.45, 7) is 1.07. The predicted octanol–water partition coefficient (Wildman–Crippen LogP) is 3.37. The molecule has 0 atom stereocenters. The third-order valence-electron chi connectivity index (χ3n) is 3.82. The number of hydrogen-bond donors (Lipinski definition) is 0. The van der Waals surface area contributed by atoms with Gasteiger partial charge in [-0.2, -0.15) is 0 Å². The van der Waals surface area contributed by atoms with Gasteiger partial charge in [-0.15, -0.1) is 0 Å². The summed E-state index contributed by atoms with van der Waals surface area (Å²) in [6, 6.07) is 16.9. The highest BCUT2D eigenvalue weighted by molar-refractivity contribution is 5.80. The van der Waals surface area contributed by atoms with Crippen molar-refractivity contribution in [1.29, 1.82) is 0 Å². The number of rotatable bonds is 5. The maximum absolute atomic E-state index is 5.63. The number of imidazole rings is 1. The summed E-state index contributed by atoms with van der Waals surface area (Å²) in [4.78, 5) is 9.15. The number of para-hydroxylation sites is 1. The van der Waals surface area contributed by atoms with Crippen molar-refractivity contribution in [3.63, 3.8) is 0 Å². The van der Waals surface area contributed by atoms with E-state index in [1.54, 1.807) is 7.11 Å². The first-order valence-corrected chi connectivity index (χ1v) is 7.72. The quantitative estimate of drug-likeness (QED) is 0.529. The molecule has 0 amide bonds. The maximum Gasteiger partial charge on any atom is 0.140 e. The molecule has 0 unspecified atom stereocenters. The average molecular weight is 318 g/mol. The van der Waals surface area contributed by atoms with E-state index in [0.29, 0.717) is 13.2 Å². The second-order valence-electron chi connectivity index (χ2n) is 5.38. The molecule has 5 heteroatoms. The molecule has 0 N–H and O–H groups in total. The standard InChI is InChI=1S/C19H16N3O2/c1-23-10-11-24-15-8-9-22-18(13-20-19(22)12-15)17-7-6-14-4-2-3-5-16(14)21-17/h2-4,6-9,12-13H,10-11H2,1H3. The topological polar surface area (TPSA) is 48.7 Å². The van der Waals surface area contributed by atoms with Crippen LogP contribution in [0.2, 0.25) is 0 Å². The average Bonchev–Trinajstić information content (AvgIpc) is 3.05. The molecule has 0 fully saturated rings. The highest BCUT2D eigenvalue weighted by atomic mass is 16.5. The van der Waals surface area contributed by atoms with Crippen molar-refractivity contribution in [2.75, 3.05) is 20.3 Å². The molecule has 0 aliphatic heterocycles. The van der Waals surface area contributed by atoms with Gasteiger partial charge in [-0.25, -0.2) is 9.97 Å². The smallest absolute Gasteiger partial charge is 0.140 e. The second kappa shape index (κ2) is 6.29. The van der Waals surface area contributed by atoms with E-state index in [0.717, 1.165) is 33.7 Å². The fourth-order valence-electron chi connectivity index (χ4n) is 2.63. The van der Waals surface area contributed by atoms with Crippen LogP contribution >= 0.6 is 0 Å². The number of fused-ring (bicyclic) bond motifs is 2. The van der Waals surface area contributed by atoms with Gasteiger partial charge in [-0.3, -0.25) is 4.40 Å². The molecule has 4 aromatic rings. The van der Waals surface area contributed by atoms with Crippen LogP contribution in [0.4, 0.5) is 0 Å². The minimum Gasteiger partial charge on any atom is -0.491 e. The zero-order chi connectivity index (χ0) is 16.4. The van der Waals surface area contributed by atoms with E-state index in [-0.39, 0.29) is 0 Å². The van der Waals surface area contributed by atoms with Crippen LogP contribution in [0.25, 0.3) is 27.9 Å². The van der Waals surface area contributed by atoms with Gasteiger partial charge in [0, 0.05) is 30.8 Å². The summed E-state index contributed by atoms with van der Waals surface area (Å²) in [5.74, 6) is 0.775. The van der Waals surface area contributed by atoms with Gasteiger partial charge in [0.05, 0.1) is 29.7 Å². The van der Waals surface area contributed by atoms with Crippen LogP contribution < -0.4 is 4.74 Å². The maximum atomic E-state index is 5.63. The van der Waals surface area contributed by atoms with Crippen LogP contribution in [-0.4, -0.2) is 34.7 Å². The molecular formula is C19H16N3O2. The van der Waals surface area contributed by atoms with Gasteiger partial charge in [0.1, 0.15) is 18.0 Å². The fourth-order valence-corrected chi connectivity index (χ4v) is 2.63. The van der Waals surface area contributed by atoms with Gasteiger partial charge < -0.3 is 9.47 Å². The fraction of sp³-hybridized carbons (Fsp3) is 0.158. The van der Waals surface area contributed by atoms with Crippen LogP contribution in [0.15, 0.2) is 54.9 Å². The lowest BCUT2D eigenvalue weighted by Crippen LogP contribution is -2.04. The Morgan fingerprint density at radius 2 is 2.12 bits per heavy atom. The van der Waals surface area contributed by atoms with E-state index in [1.807, 2.05) is 53.2 Å². The number of hydrogen-bond acceptors (Lipinski definition) is 4. The number of ether oxygens (including phenoxy) is 2. The Bertz CT molecular complexity index is 994. The summed E-state index contributed by atoms with van der Waals surface area (Å²) in [5, 5.41) is 1.07. The summed E-state index contributed by atoms with van der Waals surface area (Å²) in [7, 11) is 1.65. The van der Waals surface area contributed by atoms with Crippen molar-refractivity contribution in [3.8, 4) is 17.1 Å². The molecule has 3 heterocycles. The largest absolute Gasteiger partial charge is 0.491 e. The predicted molar refractivity (Wildman–Crippen MR) is 92.1 cm³/mol. The van der Waals surface area contributed by atoms with Gasteiger partial charge in [-0.05, 0) is 12.1 Å². The van der Waals surface area contributed by atoms with Crippen LogP contribution in [-0.2, 0) is 4.74 Å². The molecule has 0 aliphatic carbocycles. The normalized spacial score (nSPS) is 11.2. The van der Waals surface area contributed by atoms with Crippen LogP contribution in [0.3, 0.4) is 0 Å². The van der Waals surface area contributed by atoms with Gasteiger partial charge in [0.2, 0.25) is 0 Å². The molecule has 0 saturated carbocycles. The first kappa shape index (κ1) is 14.7. The molecule has 0 saturated heterocycles. The van der Waals surface area contributed by atoms with Crippen molar-refractivity contribution >= 4 is 16.6 Å². The number of pyridine rings is 2. The molecule has 5 nitrogen and oxygen atoms in total. The van der Waals surface area contributed by atoms with Gasteiger partial charge in [0.15, 0.2) is 0 Å². The molecule has 24 heavy (non-hydrogen) atoms. The Morgan fingerprint density at radius 3 is 3.04 bits per heavy atom. The second-order valence-corrected chi connectivity index (χ2v) is 5.38. The summed E-state index contributed by atoms with van der Waals surface area (Å²) in [5.41, 5.74) is 3.47. The van der Waals surface area contributed by atoms with E-state index in [9.17, 15) is 0 Å². The van der Waals surface area contributed by atoms with E-state index in [4.69, 9.17) is 9.47 Å². The van der Waals surface area contributed by atoms with E-state index in [2.05, 4.69) is 22.1 Å². The Labute approximate surface area is 139 Å². The molecule has 0 bridgehead atoms. The number of aromatic nitrogens is 3. The molecule has 0 spiro atoms. The van der Waals surface area contributed by atoms with E-state index < -0.39 is 0 Å². The van der Waals surface area contributed by atoms with Gasteiger partial charge in [0.25, 0.3) is 0 Å². The number of methoxy groups -OCH3 is 1. The Balaban J connectivity index is 1.70. The van der Waals surface area contributed by atoms with Crippen molar-refractivity contribution in [1.82, 2.24) is 14.4 Å². The molecule has 1 aromatic carbocycles. The Hall–Kier alpha value is -2.92. The molecule has 119 valence electrons. The molecule has 1 radical (unpaired) electrons. The van der Waals surface area contributed by atoms with Gasteiger partial charge >= 0.3 is 0 Å². The summed E-state index contributed by atoms with van der Waals surface area (Å²) >= 11 is 0. The van der Waals surface area contributed by atoms with Crippen LogP contribution in [0.1, 0.15) is 0 Å². The molecule has 4 rings (SSSR count). The number of benzene rings is 1. The van der Waals surface area contributed by atoms with E-state index in [1.165, 1.54) is 0 Å². The lowest BCUT2D eigenvalue weighted by molar-refractivity contribution is 0.146. The number of nitrogens with zero attached hydrogens (tertiary/aromatic N) is 3. The van der Waals surface area contributed by atoms with E-state index >= 15 is 0 Å². The monoisotopic (exact) mass is 318 g/mol. The first-order chi connectivity index (χ1) is 11.8. The zero-order valence-corrected chi connectivity index (χ0v) is 13.3.